The summed E-state index contributed by atoms with van der Waals surface area (Å²) in [7, 11) is 0. The molecule has 0 spiro atoms. The summed E-state index contributed by atoms with van der Waals surface area (Å²) < 4.78 is 0.316. The number of hydrogen-bond acceptors (Lipinski definition) is 4. The van der Waals surface area contributed by atoms with Gasteiger partial charge in [0.05, 0.1) is 5.29 Å². The molecule has 0 aromatic heterocycles. The largest absolute Gasteiger partial charge is 0.622 e. The monoisotopic (exact) mass is 215 g/mol. The molecule has 0 unspecified atom stereocenters. The molecule has 0 aliphatic carbocycles. The second-order valence-electron chi connectivity index (χ2n) is 4.40. The molecule has 15 heavy (non-hydrogen) atoms. The van der Waals surface area contributed by atoms with Gasteiger partial charge in [-0.25, -0.2) is 4.79 Å². The number of carboxylic acids is 1. The molecule has 0 saturated carbocycles. The van der Waals surface area contributed by atoms with Crippen LogP contribution in [0.3, 0.4) is 0 Å². The molecule has 0 radical (unpaired) electrons. The lowest BCUT2D eigenvalue weighted by molar-refractivity contribution is -0.558. The first-order chi connectivity index (χ1) is 6.67. The lowest BCUT2D eigenvalue weighted by atomic mass is 9.98. The minimum Gasteiger partial charge on any atom is -0.622 e. The van der Waals surface area contributed by atoms with Crippen LogP contribution in [0.15, 0.2) is 5.29 Å². The van der Waals surface area contributed by atoms with E-state index < -0.39 is 17.2 Å². The van der Waals surface area contributed by atoms with Gasteiger partial charge in [0, 0.05) is 13.8 Å². The maximum atomic E-state index is 11.7. The van der Waals surface area contributed by atoms with Crippen molar-refractivity contribution in [2.24, 2.45) is 5.29 Å². The van der Waals surface area contributed by atoms with Crippen LogP contribution in [-0.2, 0) is 4.79 Å². The zero-order valence-electron chi connectivity index (χ0n) is 9.01. The van der Waals surface area contributed by atoms with Crippen molar-refractivity contribution in [3.05, 3.63) is 10.1 Å². The summed E-state index contributed by atoms with van der Waals surface area (Å²) in [6, 6.07) is 0. The van der Waals surface area contributed by atoms with Crippen molar-refractivity contribution in [3.63, 3.8) is 0 Å². The highest BCUT2D eigenvalue weighted by atomic mass is 16.5. The van der Waals surface area contributed by atoms with Crippen LogP contribution in [0.25, 0.3) is 0 Å². The first-order valence-electron chi connectivity index (χ1n) is 4.39. The highest BCUT2D eigenvalue weighted by Gasteiger charge is 2.60. The fraction of sp³-hybridized carbons (Fsp3) is 0.750. The predicted octanol–water partition coefficient (Wildman–Crippen LogP) is 0.534. The molecular weight excluding hydrogens is 202 g/mol. The molecule has 1 heterocycles. The van der Waals surface area contributed by atoms with Gasteiger partial charge in [-0.2, -0.15) is 9.75 Å². The van der Waals surface area contributed by atoms with Crippen molar-refractivity contribution in [3.8, 4) is 0 Å². The number of carbonyl (C=O) groups is 1. The summed E-state index contributed by atoms with van der Waals surface area (Å²) in [5.41, 5.74) is -2.87. The van der Waals surface area contributed by atoms with E-state index in [4.69, 9.17) is 5.11 Å². The van der Waals surface area contributed by atoms with E-state index in [-0.39, 0.29) is 5.71 Å². The van der Waals surface area contributed by atoms with Crippen LogP contribution in [0.5, 0.6) is 0 Å². The molecule has 7 nitrogen and oxygen atoms in total. The molecule has 0 aromatic carbocycles. The van der Waals surface area contributed by atoms with E-state index in [1.54, 1.807) is 0 Å². The Morgan fingerprint density at radius 2 is 1.93 bits per heavy atom. The van der Waals surface area contributed by atoms with Crippen LogP contribution in [0, 0.1) is 10.1 Å². The molecule has 0 amide bonds. The fourth-order valence-electron chi connectivity index (χ4n) is 1.94. The number of rotatable bonds is 2. The maximum absolute atomic E-state index is 11.7. The van der Waals surface area contributed by atoms with Gasteiger partial charge in [0.2, 0.25) is 0 Å². The van der Waals surface area contributed by atoms with Crippen molar-refractivity contribution in [1.82, 2.24) is 5.01 Å². The quantitative estimate of drug-likeness (QED) is 0.412. The maximum Gasteiger partial charge on any atom is 0.400 e. The summed E-state index contributed by atoms with van der Waals surface area (Å²) in [5, 5.41) is 24.3. The Morgan fingerprint density at radius 3 is 2.13 bits per heavy atom. The Labute approximate surface area is 86.5 Å². The molecule has 7 heteroatoms. The van der Waals surface area contributed by atoms with E-state index in [9.17, 15) is 14.9 Å². The van der Waals surface area contributed by atoms with E-state index in [2.05, 4.69) is 5.29 Å². The number of nitroso groups, excluding NO2 is 1. The Bertz CT molecular complexity index is 359. The van der Waals surface area contributed by atoms with Crippen LogP contribution < -0.4 is 0 Å². The minimum atomic E-state index is -1.34. The molecule has 0 bridgehead atoms. The highest BCUT2D eigenvalue weighted by Crippen LogP contribution is 2.34. The van der Waals surface area contributed by atoms with Crippen LogP contribution in [0.4, 0.5) is 0 Å². The zero-order chi connectivity index (χ0) is 12.0. The molecule has 1 rings (SSSR count). The summed E-state index contributed by atoms with van der Waals surface area (Å²) in [4.78, 5) is 21.6. The molecule has 0 aromatic rings. The molecule has 1 aliphatic rings. The molecule has 84 valence electrons. The smallest absolute Gasteiger partial charge is 0.400 e. The van der Waals surface area contributed by atoms with Crippen LogP contribution >= 0.6 is 0 Å². The van der Waals surface area contributed by atoms with Crippen molar-refractivity contribution in [1.29, 1.82) is 0 Å². The summed E-state index contributed by atoms with van der Waals surface area (Å²) >= 11 is 0. The van der Waals surface area contributed by atoms with Gasteiger partial charge in [-0.05, 0) is 13.8 Å². The van der Waals surface area contributed by atoms with Crippen molar-refractivity contribution < 1.29 is 14.6 Å². The normalized spacial score (nSPS) is 23.1. The lowest BCUT2D eigenvalue weighted by Gasteiger charge is -2.29. The summed E-state index contributed by atoms with van der Waals surface area (Å²) in [5.74, 6) is -1.34. The minimum absolute atomic E-state index is 0.316. The van der Waals surface area contributed by atoms with Gasteiger partial charge in [0.1, 0.15) is 0 Å². The number of carboxylic acid groups (broad SMARTS) is 1. The van der Waals surface area contributed by atoms with Crippen LogP contribution in [0.1, 0.15) is 27.7 Å². The van der Waals surface area contributed by atoms with Crippen LogP contribution in [0.2, 0.25) is 0 Å². The molecule has 0 fully saturated rings. The number of nitrogens with zero attached hydrogens (tertiary/aromatic N) is 3. The molecule has 1 aliphatic heterocycles. The first kappa shape index (κ1) is 11.4. The average molecular weight is 215 g/mol. The Balaban J connectivity index is 3.43. The van der Waals surface area contributed by atoms with E-state index >= 15 is 0 Å². The lowest BCUT2D eigenvalue weighted by Crippen LogP contribution is -2.50. The third kappa shape index (κ3) is 1.26. The van der Waals surface area contributed by atoms with Crippen molar-refractivity contribution >= 4 is 11.7 Å². The second-order valence-corrected chi connectivity index (χ2v) is 4.40. The second kappa shape index (κ2) is 2.91. The van der Waals surface area contributed by atoms with E-state index in [0.717, 1.165) is 5.01 Å². The van der Waals surface area contributed by atoms with Crippen LogP contribution in [-0.4, -0.2) is 37.7 Å². The van der Waals surface area contributed by atoms with Gasteiger partial charge in [-0.15, -0.1) is 4.91 Å². The number of aliphatic carboxylic acids is 1. The standard InChI is InChI=1S/C8H13N3O4/c1-7(2)5(6(12)13)10(15)8(3,4)11(7)9-14/h1-4H3,(H,12,13). The molecule has 0 atom stereocenters. The van der Waals surface area contributed by atoms with Gasteiger partial charge < -0.3 is 10.3 Å². The predicted molar refractivity (Wildman–Crippen MR) is 52.1 cm³/mol. The first-order valence-corrected chi connectivity index (χ1v) is 4.39. The highest BCUT2D eigenvalue weighted by molar-refractivity contribution is 6.37. The Hall–Kier alpha value is -1.66. The molecule has 0 saturated heterocycles. The van der Waals surface area contributed by atoms with E-state index in [1.165, 1.54) is 27.7 Å². The number of hydrogen-bond donors (Lipinski definition) is 1. The fourth-order valence-corrected chi connectivity index (χ4v) is 1.94. The molecular formula is C8H13N3O4. The zero-order valence-corrected chi connectivity index (χ0v) is 9.01. The SMILES string of the molecule is CC1(C)C(C(=O)O)=[N+]([O-])C(C)(C)N1N=O. The van der Waals surface area contributed by atoms with E-state index in [0.29, 0.717) is 4.74 Å². The Morgan fingerprint density at radius 1 is 1.47 bits per heavy atom. The third-order valence-electron chi connectivity index (χ3n) is 2.61. The summed E-state index contributed by atoms with van der Waals surface area (Å²) in [6.45, 7) is 5.83. The number of hydroxylamine groups is 1. The van der Waals surface area contributed by atoms with E-state index in [1.807, 2.05) is 0 Å². The van der Waals surface area contributed by atoms with Gasteiger partial charge in [0.25, 0.3) is 5.66 Å². The van der Waals surface area contributed by atoms with Crippen molar-refractivity contribution in [2.75, 3.05) is 0 Å². The van der Waals surface area contributed by atoms with Gasteiger partial charge in [-0.1, -0.05) is 0 Å². The Kier molecular flexibility index (Phi) is 2.22. The molecule has 1 N–H and O–H groups in total. The van der Waals surface area contributed by atoms with Gasteiger partial charge in [0.15, 0.2) is 5.54 Å². The van der Waals surface area contributed by atoms with Gasteiger partial charge in [-0.3, -0.25) is 0 Å². The van der Waals surface area contributed by atoms with Crippen molar-refractivity contribution in [2.45, 2.75) is 38.9 Å². The average Bonchev–Trinajstić information content (AvgIpc) is 2.14. The third-order valence-corrected chi connectivity index (χ3v) is 2.61. The van der Waals surface area contributed by atoms with Gasteiger partial charge >= 0.3 is 11.7 Å². The summed E-state index contributed by atoms with van der Waals surface area (Å²) in [6.07, 6.45) is 0. The topological polar surface area (TPSA) is 96.0 Å².